The maximum Gasteiger partial charge on any atom is 0.276 e. The maximum absolute atomic E-state index is 13.6. The molecule has 0 saturated carbocycles. The van der Waals surface area contributed by atoms with Crippen LogP contribution in [0.2, 0.25) is 10.0 Å². The van der Waals surface area contributed by atoms with Crippen LogP contribution < -0.4 is 10.6 Å². The molecule has 0 radical (unpaired) electrons. The minimum atomic E-state index is -0.889. The van der Waals surface area contributed by atoms with Crippen molar-refractivity contribution >= 4 is 46.3 Å². The zero-order valence-corrected chi connectivity index (χ0v) is 14.4. The Bertz CT molecular complexity index is 947. The van der Waals surface area contributed by atoms with E-state index < -0.39 is 23.2 Å². The van der Waals surface area contributed by atoms with Gasteiger partial charge in [0.05, 0.1) is 28.1 Å². The van der Waals surface area contributed by atoms with Gasteiger partial charge in [0, 0.05) is 0 Å². The number of hydrogen-bond acceptors (Lipinski definition) is 4. The Morgan fingerprint density at radius 2 is 1.65 bits per heavy atom. The largest absolute Gasteiger partial charge is 0.338 e. The number of amides is 1. The first-order valence-corrected chi connectivity index (χ1v) is 7.99. The number of benzene rings is 2. The van der Waals surface area contributed by atoms with Crippen molar-refractivity contribution in [2.24, 2.45) is 0 Å². The monoisotopic (exact) mass is 394 g/mol. The first-order valence-electron chi connectivity index (χ1n) is 7.24. The Labute approximate surface area is 157 Å². The predicted octanol–water partition coefficient (Wildman–Crippen LogP) is 5.06. The Kier molecular flexibility index (Phi) is 5.29. The van der Waals surface area contributed by atoms with E-state index in [0.717, 1.165) is 18.3 Å². The van der Waals surface area contributed by atoms with E-state index in [4.69, 9.17) is 23.2 Å². The second kappa shape index (κ2) is 7.63. The lowest BCUT2D eigenvalue weighted by Gasteiger charge is -2.09. The third-order valence-electron chi connectivity index (χ3n) is 3.30. The van der Waals surface area contributed by atoms with E-state index in [1.807, 2.05) is 0 Å². The Balaban J connectivity index is 1.75. The van der Waals surface area contributed by atoms with Crippen LogP contribution >= 0.6 is 23.2 Å². The highest BCUT2D eigenvalue weighted by atomic mass is 35.5. The first kappa shape index (κ1) is 18.0. The number of aromatic nitrogens is 2. The number of para-hydroxylation sites is 1. The molecule has 0 unspecified atom stereocenters. The Hall–Kier alpha value is -2.77. The highest BCUT2D eigenvalue weighted by Crippen LogP contribution is 2.31. The van der Waals surface area contributed by atoms with Gasteiger partial charge < -0.3 is 10.6 Å². The molecule has 0 bridgehead atoms. The van der Waals surface area contributed by atoms with Crippen molar-refractivity contribution in [3.63, 3.8) is 0 Å². The van der Waals surface area contributed by atoms with Gasteiger partial charge in [-0.1, -0.05) is 35.3 Å². The summed E-state index contributed by atoms with van der Waals surface area (Å²) in [6.07, 6.45) is 2.44. The molecule has 3 aromatic rings. The van der Waals surface area contributed by atoms with Crippen LogP contribution in [0.1, 0.15) is 10.5 Å². The highest BCUT2D eigenvalue weighted by Gasteiger charge is 2.15. The maximum atomic E-state index is 13.6. The molecule has 1 heterocycles. The van der Waals surface area contributed by atoms with Crippen LogP contribution in [0, 0.1) is 11.6 Å². The van der Waals surface area contributed by atoms with Gasteiger partial charge in [-0.3, -0.25) is 4.79 Å². The molecule has 0 atom stereocenters. The second-order valence-corrected chi connectivity index (χ2v) is 5.85. The van der Waals surface area contributed by atoms with E-state index in [1.54, 1.807) is 18.2 Å². The number of rotatable bonds is 4. The number of nitrogens with zero attached hydrogens (tertiary/aromatic N) is 2. The SMILES string of the molecule is O=C(Nc1c(F)cccc1F)c1cnc(Nc2cccc(Cl)c2Cl)cn1. The minimum absolute atomic E-state index is 0.115. The van der Waals surface area contributed by atoms with Gasteiger partial charge >= 0.3 is 0 Å². The molecule has 2 aromatic carbocycles. The first-order chi connectivity index (χ1) is 12.5. The molecule has 0 aliphatic rings. The van der Waals surface area contributed by atoms with Crippen molar-refractivity contribution in [3.8, 4) is 0 Å². The van der Waals surface area contributed by atoms with Gasteiger partial charge in [-0.05, 0) is 24.3 Å². The molecule has 0 spiro atoms. The van der Waals surface area contributed by atoms with Gasteiger partial charge in [-0.25, -0.2) is 18.7 Å². The predicted molar refractivity (Wildman–Crippen MR) is 96.1 cm³/mol. The molecule has 0 aliphatic carbocycles. The van der Waals surface area contributed by atoms with E-state index in [-0.39, 0.29) is 5.69 Å². The van der Waals surface area contributed by atoms with E-state index in [0.29, 0.717) is 21.6 Å². The van der Waals surface area contributed by atoms with Crippen molar-refractivity contribution in [2.75, 3.05) is 10.6 Å². The lowest BCUT2D eigenvalue weighted by molar-refractivity contribution is 0.102. The fourth-order valence-electron chi connectivity index (χ4n) is 2.04. The van der Waals surface area contributed by atoms with Crippen molar-refractivity contribution in [1.82, 2.24) is 9.97 Å². The van der Waals surface area contributed by atoms with Gasteiger partial charge in [0.2, 0.25) is 0 Å². The van der Waals surface area contributed by atoms with Gasteiger partial charge in [0.15, 0.2) is 0 Å². The lowest BCUT2D eigenvalue weighted by atomic mass is 10.2. The van der Waals surface area contributed by atoms with Crippen molar-refractivity contribution in [1.29, 1.82) is 0 Å². The summed E-state index contributed by atoms with van der Waals surface area (Å²) in [7, 11) is 0. The normalized spacial score (nSPS) is 10.5. The smallest absolute Gasteiger partial charge is 0.276 e. The molecule has 3 rings (SSSR count). The van der Waals surface area contributed by atoms with Crippen LogP contribution in [0.3, 0.4) is 0 Å². The number of nitrogens with one attached hydrogen (secondary N) is 2. The lowest BCUT2D eigenvalue weighted by Crippen LogP contribution is -2.16. The molecule has 9 heteroatoms. The highest BCUT2D eigenvalue weighted by molar-refractivity contribution is 6.43. The van der Waals surface area contributed by atoms with Crippen LogP contribution in [-0.2, 0) is 0 Å². The molecule has 0 saturated heterocycles. The molecular weight excluding hydrogens is 385 g/mol. The summed E-state index contributed by atoms with van der Waals surface area (Å²) in [6.45, 7) is 0. The van der Waals surface area contributed by atoms with E-state index in [9.17, 15) is 13.6 Å². The van der Waals surface area contributed by atoms with Gasteiger partial charge in [-0.15, -0.1) is 0 Å². The molecule has 0 fully saturated rings. The number of anilines is 3. The average Bonchev–Trinajstić information content (AvgIpc) is 2.63. The Morgan fingerprint density at radius 3 is 2.31 bits per heavy atom. The summed E-state index contributed by atoms with van der Waals surface area (Å²) in [5, 5.41) is 5.72. The third-order valence-corrected chi connectivity index (χ3v) is 4.12. The average molecular weight is 395 g/mol. The van der Waals surface area contributed by atoms with Gasteiger partial charge in [0.1, 0.15) is 28.8 Å². The number of carbonyl (C=O) groups excluding carboxylic acids is 1. The van der Waals surface area contributed by atoms with E-state index in [2.05, 4.69) is 20.6 Å². The van der Waals surface area contributed by atoms with Gasteiger partial charge in [0.25, 0.3) is 5.91 Å². The third kappa shape index (κ3) is 3.89. The summed E-state index contributed by atoms with van der Waals surface area (Å²) in [5.74, 6) is -2.27. The van der Waals surface area contributed by atoms with Gasteiger partial charge in [-0.2, -0.15) is 0 Å². The van der Waals surface area contributed by atoms with Crippen LogP contribution in [0.15, 0.2) is 48.8 Å². The van der Waals surface area contributed by atoms with Crippen molar-refractivity contribution < 1.29 is 13.6 Å². The standard InChI is InChI=1S/C17H10Cl2F2N4O/c18-9-3-1-6-12(15(9)19)24-14-8-22-13(7-23-14)17(26)25-16-10(20)4-2-5-11(16)21/h1-8H,(H,23,24)(H,25,26). The molecule has 26 heavy (non-hydrogen) atoms. The quantitative estimate of drug-likeness (QED) is 0.648. The van der Waals surface area contributed by atoms with Crippen molar-refractivity contribution in [3.05, 3.63) is 76.2 Å². The number of hydrogen-bond donors (Lipinski definition) is 2. The fraction of sp³-hybridized carbons (Fsp3) is 0. The summed E-state index contributed by atoms with van der Waals surface area (Å²) in [6, 6.07) is 8.29. The molecule has 1 aromatic heterocycles. The van der Waals surface area contributed by atoms with Crippen LogP contribution in [-0.4, -0.2) is 15.9 Å². The van der Waals surface area contributed by atoms with E-state index in [1.165, 1.54) is 12.3 Å². The Morgan fingerprint density at radius 1 is 0.962 bits per heavy atom. The summed E-state index contributed by atoms with van der Waals surface area (Å²) < 4.78 is 27.2. The molecule has 132 valence electrons. The van der Waals surface area contributed by atoms with Crippen LogP contribution in [0.25, 0.3) is 0 Å². The zero-order chi connectivity index (χ0) is 18.7. The zero-order valence-electron chi connectivity index (χ0n) is 12.9. The molecule has 2 N–H and O–H groups in total. The molecular formula is C17H10Cl2F2N4O. The minimum Gasteiger partial charge on any atom is -0.338 e. The number of carbonyl (C=O) groups is 1. The topological polar surface area (TPSA) is 66.9 Å². The second-order valence-electron chi connectivity index (χ2n) is 5.06. The summed E-state index contributed by atoms with van der Waals surface area (Å²) in [4.78, 5) is 20.0. The van der Waals surface area contributed by atoms with Crippen molar-refractivity contribution in [2.45, 2.75) is 0 Å². The van der Waals surface area contributed by atoms with E-state index >= 15 is 0 Å². The molecule has 0 aliphatic heterocycles. The number of halogens is 4. The summed E-state index contributed by atoms with van der Waals surface area (Å²) in [5.41, 5.74) is -0.151. The molecule has 1 amide bonds. The fourth-order valence-corrected chi connectivity index (χ4v) is 2.39. The van der Waals surface area contributed by atoms with Crippen LogP contribution in [0.5, 0.6) is 0 Å². The summed E-state index contributed by atoms with van der Waals surface area (Å²) >= 11 is 12.0. The molecule has 5 nitrogen and oxygen atoms in total. The van der Waals surface area contributed by atoms with Crippen LogP contribution in [0.4, 0.5) is 26.0 Å².